The molecule has 0 aliphatic carbocycles. The van der Waals surface area contributed by atoms with Gasteiger partial charge in [0.05, 0.1) is 24.6 Å². The van der Waals surface area contributed by atoms with E-state index in [1.54, 1.807) is 0 Å². The first kappa shape index (κ1) is 8.03. The summed E-state index contributed by atoms with van der Waals surface area (Å²) in [7, 11) is 0. The molecule has 0 aromatic carbocycles. The molecule has 0 spiro atoms. The van der Waals surface area contributed by atoms with Gasteiger partial charge in [-0.2, -0.15) is 5.10 Å². The summed E-state index contributed by atoms with van der Waals surface area (Å²) >= 11 is 1.46. The van der Waals surface area contributed by atoms with Crippen molar-refractivity contribution in [3.05, 3.63) is 6.33 Å². The fourth-order valence-electron chi connectivity index (χ4n) is 1.03. The quantitative estimate of drug-likeness (QED) is 0.662. The fraction of sp³-hybridized carbons (Fsp3) is 0.667. The van der Waals surface area contributed by atoms with Crippen molar-refractivity contribution in [3.63, 3.8) is 0 Å². The van der Waals surface area contributed by atoms with Crippen molar-refractivity contribution in [2.75, 3.05) is 13.2 Å². The van der Waals surface area contributed by atoms with Crippen LogP contribution in [0.25, 0.3) is 0 Å². The lowest BCUT2D eigenvalue weighted by atomic mass is 10.3. The summed E-state index contributed by atoms with van der Waals surface area (Å²) in [6.07, 6.45) is 1.06. The predicted octanol–water partition coefficient (Wildman–Crippen LogP) is -0.344. The zero-order chi connectivity index (χ0) is 8.39. The molecule has 6 heteroatoms. The monoisotopic (exact) mass is 187 g/mol. The molecule has 66 valence electrons. The summed E-state index contributed by atoms with van der Waals surface area (Å²) in [6.45, 7) is 0.998. The van der Waals surface area contributed by atoms with Gasteiger partial charge in [0.2, 0.25) is 0 Å². The van der Waals surface area contributed by atoms with Crippen LogP contribution in [0.5, 0.6) is 0 Å². The largest absolute Gasteiger partial charge is 0.389 e. The molecule has 1 saturated heterocycles. The highest BCUT2D eigenvalue weighted by Crippen LogP contribution is 2.25. The number of hydrogen-bond acceptors (Lipinski definition) is 5. The summed E-state index contributed by atoms with van der Waals surface area (Å²) in [6, 6.07) is 0. The van der Waals surface area contributed by atoms with Crippen LogP contribution in [0.3, 0.4) is 0 Å². The van der Waals surface area contributed by atoms with E-state index in [0.29, 0.717) is 13.2 Å². The number of aliphatic hydroxyl groups excluding tert-OH is 1. The van der Waals surface area contributed by atoms with E-state index in [1.807, 2.05) is 0 Å². The number of hydrogen-bond donors (Lipinski definition) is 2. The van der Waals surface area contributed by atoms with Crippen molar-refractivity contribution < 1.29 is 9.84 Å². The van der Waals surface area contributed by atoms with Gasteiger partial charge in [0.25, 0.3) is 0 Å². The topological polar surface area (TPSA) is 71.0 Å². The third kappa shape index (κ3) is 1.60. The number of nitrogens with zero attached hydrogens (tertiary/aromatic N) is 2. The zero-order valence-corrected chi connectivity index (χ0v) is 7.12. The van der Waals surface area contributed by atoms with Crippen LogP contribution in [0, 0.1) is 0 Å². The first-order chi connectivity index (χ1) is 5.86. The lowest BCUT2D eigenvalue weighted by Crippen LogP contribution is -2.20. The fourth-order valence-corrected chi connectivity index (χ4v) is 1.93. The minimum absolute atomic E-state index is 0.0814. The van der Waals surface area contributed by atoms with Crippen molar-refractivity contribution >= 4 is 11.8 Å². The van der Waals surface area contributed by atoms with E-state index in [1.165, 1.54) is 18.1 Å². The maximum atomic E-state index is 9.38. The minimum Gasteiger partial charge on any atom is -0.389 e. The van der Waals surface area contributed by atoms with E-state index in [2.05, 4.69) is 15.2 Å². The Morgan fingerprint density at radius 2 is 2.58 bits per heavy atom. The van der Waals surface area contributed by atoms with E-state index in [9.17, 15) is 5.11 Å². The summed E-state index contributed by atoms with van der Waals surface area (Å²) in [5, 5.41) is 16.6. The second-order valence-electron chi connectivity index (χ2n) is 2.55. The van der Waals surface area contributed by atoms with Gasteiger partial charge in [0.1, 0.15) is 6.33 Å². The van der Waals surface area contributed by atoms with Crippen molar-refractivity contribution in [3.8, 4) is 0 Å². The van der Waals surface area contributed by atoms with Gasteiger partial charge in [-0.25, -0.2) is 4.98 Å². The lowest BCUT2D eigenvalue weighted by Gasteiger charge is -2.08. The average molecular weight is 187 g/mol. The van der Waals surface area contributed by atoms with Crippen molar-refractivity contribution in [2.45, 2.75) is 16.5 Å². The Kier molecular flexibility index (Phi) is 2.29. The van der Waals surface area contributed by atoms with Gasteiger partial charge in [-0.15, -0.1) is 0 Å². The maximum Gasteiger partial charge on any atom is 0.183 e. The van der Waals surface area contributed by atoms with E-state index in [0.717, 1.165) is 5.16 Å². The summed E-state index contributed by atoms with van der Waals surface area (Å²) in [5.74, 6) is 0. The Balaban J connectivity index is 1.95. The highest BCUT2D eigenvalue weighted by molar-refractivity contribution is 7.99. The second-order valence-corrected chi connectivity index (χ2v) is 3.78. The van der Waals surface area contributed by atoms with Crippen LogP contribution in [0.4, 0.5) is 0 Å². The first-order valence-corrected chi connectivity index (χ1v) is 4.52. The van der Waals surface area contributed by atoms with Gasteiger partial charge in [0, 0.05) is 0 Å². The molecule has 0 bridgehead atoms. The van der Waals surface area contributed by atoms with Crippen LogP contribution in [0.15, 0.2) is 11.5 Å². The van der Waals surface area contributed by atoms with Gasteiger partial charge < -0.3 is 9.84 Å². The van der Waals surface area contributed by atoms with E-state index in [-0.39, 0.29) is 11.4 Å². The van der Waals surface area contributed by atoms with Gasteiger partial charge in [-0.1, -0.05) is 11.8 Å². The number of rotatable bonds is 2. The molecular formula is C6H9N3O2S. The number of nitrogens with one attached hydrogen (secondary N) is 1. The second kappa shape index (κ2) is 3.42. The Morgan fingerprint density at radius 3 is 3.17 bits per heavy atom. The Hall–Kier alpha value is -0.590. The Labute approximate surface area is 73.5 Å². The number of ether oxygens (including phenoxy) is 1. The number of aromatic amines is 1. The first-order valence-electron chi connectivity index (χ1n) is 3.64. The number of thioether (sulfide) groups is 1. The summed E-state index contributed by atoms with van der Waals surface area (Å²) < 4.78 is 5.09. The number of aromatic nitrogens is 3. The van der Waals surface area contributed by atoms with Crippen LogP contribution in [-0.2, 0) is 4.74 Å². The molecule has 2 rings (SSSR count). The molecule has 1 aliphatic heterocycles. The summed E-state index contributed by atoms with van der Waals surface area (Å²) in [5.41, 5.74) is 0. The zero-order valence-electron chi connectivity index (χ0n) is 6.30. The van der Waals surface area contributed by atoms with E-state index in [4.69, 9.17) is 4.74 Å². The van der Waals surface area contributed by atoms with Gasteiger partial charge in [-0.3, -0.25) is 5.10 Å². The van der Waals surface area contributed by atoms with Crippen LogP contribution < -0.4 is 0 Å². The Morgan fingerprint density at radius 1 is 1.67 bits per heavy atom. The minimum atomic E-state index is -0.389. The maximum absolute atomic E-state index is 9.38. The van der Waals surface area contributed by atoms with Crippen molar-refractivity contribution in [1.82, 2.24) is 15.2 Å². The molecule has 1 aliphatic rings. The molecule has 1 aromatic heterocycles. The average Bonchev–Trinajstić information content (AvgIpc) is 2.65. The molecule has 1 aromatic rings. The normalized spacial score (nSPS) is 29.4. The predicted molar refractivity (Wildman–Crippen MR) is 42.9 cm³/mol. The smallest absolute Gasteiger partial charge is 0.183 e. The molecule has 0 amide bonds. The molecule has 0 radical (unpaired) electrons. The number of aliphatic hydroxyl groups is 1. The Bertz CT molecular complexity index is 241. The molecular weight excluding hydrogens is 178 g/mol. The highest BCUT2D eigenvalue weighted by Gasteiger charge is 2.27. The van der Waals surface area contributed by atoms with E-state index < -0.39 is 0 Å². The molecule has 12 heavy (non-hydrogen) atoms. The van der Waals surface area contributed by atoms with Crippen LogP contribution >= 0.6 is 11.8 Å². The van der Waals surface area contributed by atoms with E-state index >= 15 is 0 Å². The lowest BCUT2D eigenvalue weighted by molar-refractivity contribution is 0.127. The standard InChI is InChI=1S/C6H9N3O2S/c10-4-1-11-2-5(4)12-6-7-3-8-9-6/h3-5,10H,1-2H2,(H,7,8,9). The van der Waals surface area contributed by atoms with Crippen LogP contribution in [-0.4, -0.2) is 44.9 Å². The van der Waals surface area contributed by atoms with Crippen LogP contribution in [0.1, 0.15) is 0 Å². The molecule has 5 nitrogen and oxygen atoms in total. The highest BCUT2D eigenvalue weighted by atomic mass is 32.2. The van der Waals surface area contributed by atoms with Crippen molar-refractivity contribution in [1.29, 1.82) is 0 Å². The molecule has 2 N–H and O–H groups in total. The molecule has 1 fully saturated rings. The molecule has 2 atom stereocenters. The number of H-pyrrole nitrogens is 1. The summed E-state index contributed by atoms with van der Waals surface area (Å²) in [4.78, 5) is 3.94. The van der Waals surface area contributed by atoms with Crippen LogP contribution in [0.2, 0.25) is 0 Å². The van der Waals surface area contributed by atoms with Crippen molar-refractivity contribution in [2.24, 2.45) is 0 Å². The third-order valence-electron chi connectivity index (χ3n) is 1.66. The molecule has 2 heterocycles. The SMILES string of the molecule is OC1COCC1Sc1ncn[nH]1. The van der Waals surface area contributed by atoms with Gasteiger partial charge in [-0.05, 0) is 0 Å². The molecule has 0 saturated carbocycles. The third-order valence-corrected chi connectivity index (χ3v) is 2.83. The van der Waals surface area contributed by atoms with Gasteiger partial charge >= 0.3 is 0 Å². The van der Waals surface area contributed by atoms with Gasteiger partial charge in [0.15, 0.2) is 5.16 Å². The molecule has 2 unspecified atom stereocenters.